The van der Waals surface area contributed by atoms with Crippen molar-refractivity contribution in [3.05, 3.63) is 69.8 Å². The van der Waals surface area contributed by atoms with Gasteiger partial charge in [0.25, 0.3) is 0 Å². The number of hydrogen-bond acceptors (Lipinski definition) is 4. The Balaban J connectivity index is 1.87. The van der Waals surface area contributed by atoms with Crippen molar-refractivity contribution in [1.29, 1.82) is 0 Å². The van der Waals surface area contributed by atoms with Crippen molar-refractivity contribution in [2.24, 2.45) is 17.3 Å². The molecule has 1 aromatic heterocycles. The zero-order valence-corrected chi connectivity index (χ0v) is 15.2. The van der Waals surface area contributed by atoms with Crippen LogP contribution < -0.4 is 4.80 Å². The number of hydrogen-bond donors (Lipinski definition) is 1. The van der Waals surface area contributed by atoms with Gasteiger partial charge in [0.1, 0.15) is 5.75 Å². The van der Waals surface area contributed by atoms with E-state index in [1.165, 1.54) is 0 Å². The lowest BCUT2D eigenvalue weighted by Crippen LogP contribution is -2.10. The third kappa shape index (κ3) is 3.88. The maximum Gasteiger partial charge on any atom is 0.210 e. The first-order valence-corrected chi connectivity index (χ1v) is 9.16. The van der Waals surface area contributed by atoms with Crippen LogP contribution in [-0.2, 0) is 13.5 Å². The molecule has 0 saturated carbocycles. The third-order valence-corrected chi connectivity index (χ3v) is 4.91. The second-order valence-corrected chi connectivity index (χ2v) is 6.61. The van der Waals surface area contributed by atoms with Crippen molar-refractivity contribution in [1.82, 2.24) is 4.57 Å². The molecule has 5 heteroatoms. The molecule has 3 aromatic rings. The highest BCUT2D eigenvalue weighted by Gasteiger charge is 2.05. The second-order valence-electron chi connectivity index (χ2n) is 5.78. The van der Waals surface area contributed by atoms with E-state index in [1.54, 1.807) is 17.6 Å². The van der Waals surface area contributed by atoms with E-state index in [2.05, 4.69) is 34.6 Å². The minimum atomic E-state index is 0.295. The van der Waals surface area contributed by atoms with Gasteiger partial charge in [0, 0.05) is 18.0 Å². The summed E-state index contributed by atoms with van der Waals surface area (Å²) >= 11 is 1.54. The van der Waals surface area contributed by atoms with Crippen LogP contribution in [-0.4, -0.2) is 15.9 Å². The summed E-state index contributed by atoms with van der Waals surface area (Å²) in [4.78, 5) is 0.805. The fourth-order valence-electron chi connectivity index (χ4n) is 2.66. The summed E-state index contributed by atoms with van der Waals surface area (Å²) in [6.07, 6.45) is 3.45. The molecule has 0 atom stereocenters. The monoisotopic (exact) mass is 351 g/mol. The lowest BCUT2D eigenvalue weighted by molar-refractivity contribution is 0.467. The standard InChI is InChI=1S/C20H21N3OS/c1-3-8-16-11-7-12-17(19(16)24)13-21-22-20-23(2)18(14-25-20)15-9-5-4-6-10-15/h4-7,9-14,24H,3,8H2,1-2H3/b21-13+,22-20-. The molecule has 0 unspecified atom stereocenters. The first kappa shape index (κ1) is 17.2. The van der Waals surface area contributed by atoms with Crippen molar-refractivity contribution in [3.63, 3.8) is 0 Å². The molecule has 2 aromatic carbocycles. The Labute approximate surface area is 151 Å². The number of aromatic nitrogens is 1. The summed E-state index contributed by atoms with van der Waals surface area (Å²) in [5.41, 5.74) is 3.89. The lowest BCUT2D eigenvalue weighted by Gasteiger charge is -2.04. The Kier molecular flexibility index (Phi) is 5.46. The van der Waals surface area contributed by atoms with E-state index in [1.807, 2.05) is 48.0 Å². The molecule has 4 nitrogen and oxygen atoms in total. The minimum Gasteiger partial charge on any atom is -0.507 e. The van der Waals surface area contributed by atoms with Gasteiger partial charge >= 0.3 is 0 Å². The van der Waals surface area contributed by atoms with Gasteiger partial charge in [0.2, 0.25) is 4.80 Å². The van der Waals surface area contributed by atoms with Crippen LogP contribution >= 0.6 is 11.3 Å². The molecule has 0 amide bonds. The Morgan fingerprint density at radius 3 is 2.68 bits per heavy atom. The van der Waals surface area contributed by atoms with Gasteiger partial charge in [-0.15, -0.1) is 16.4 Å². The maximum atomic E-state index is 10.3. The molecule has 3 rings (SSSR count). The summed E-state index contributed by atoms with van der Waals surface area (Å²) in [5.74, 6) is 0.295. The average molecular weight is 351 g/mol. The molecular formula is C20H21N3OS. The molecule has 1 N–H and O–H groups in total. The zero-order valence-electron chi connectivity index (χ0n) is 14.4. The van der Waals surface area contributed by atoms with Gasteiger partial charge in [0.05, 0.1) is 11.9 Å². The molecule has 25 heavy (non-hydrogen) atoms. The molecule has 1 heterocycles. The largest absolute Gasteiger partial charge is 0.507 e. The predicted molar refractivity (Wildman–Crippen MR) is 104 cm³/mol. The molecule has 0 aliphatic heterocycles. The average Bonchev–Trinajstić information content (AvgIpc) is 3.00. The number of aromatic hydroxyl groups is 1. The highest BCUT2D eigenvalue weighted by Crippen LogP contribution is 2.22. The number of rotatable bonds is 5. The van der Waals surface area contributed by atoms with Gasteiger partial charge in [-0.2, -0.15) is 5.10 Å². The van der Waals surface area contributed by atoms with Crippen LogP contribution in [0.15, 0.2) is 64.1 Å². The number of thiazole rings is 1. The molecular weight excluding hydrogens is 330 g/mol. The van der Waals surface area contributed by atoms with Gasteiger partial charge in [0.15, 0.2) is 0 Å². The van der Waals surface area contributed by atoms with Gasteiger partial charge in [-0.1, -0.05) is 55.8 Å². The van der Waals surface area contributed by atoms with Crippen LogP contribution in [0, 0.1) is 0 Å². The van der Waals surface area contributed by atoms with E-state index in [0.29, 0.717) is 11.3 Å². The van der Waals surface area contributed by atoms with E-state index in [9.17, 15) is 5.11 Å². The highest BCUT2D eigenvalue weighted by atomic mass is 32.1. The van der Waals surface area contributed by atoms with Gasteiger partial charge in [-0.25, -0.2) is 0 Å². The first-order chi connectivity index (χ1) is 12.2. The normalized spacial score (nSPS) is 12.2. The van der Waals surface area contributed by atoms with Gasteiger partial charge < -0.3 is 9.67 Å². The van der Waals surface area contributed by atoms with Crippen LogP contribution in [0.4, 0.5) is 0 Å². The van der Waals surface area contributed by atoms with Crippen molar-refractivity contribution < 1.29 is 5.11 Å². The summed E-state index contributed by atoms with van der Waals surface area (Å²) in [5, 5.41) is 20.8. The molecule has 0 aliphatic rings. The van der Waals surface area contributed by atoms with Gasteiger partial charge in [-0.3, -0.25) is 0 Å². The fraction of sp³-hybridized carbons (Fsp3) is 0.200. The second kappa shape index (κ2) is 7.94. The minimum absolute atomic E-state index is 0.295. The number of benzene rings is 2. The van der Waals surface area contributed by atoms with E-state index < -0.39 is 0 Å². The van der Waals surface area contributed by atoms with Crippen molar-refractivity contribution in [2.45, 2.75) is 19.8 Å². The summed E-state index contributed by atoms with van der Waals surface area (Å²) in [7, 11) is 1.98. The molecule has 0 saturated heterocycles. The van der Waals surface area contributed by atoms with E-state index in [0.717, 1.165) is 34.5 Å². The van der Waals surface area contributed by atoms with Crippen molar-refractivity contribution in [3.8, 4) is 17.0 Å². The zero-order chi connectivity index (χ0) is 17.6. The van der Waals surface area contributed by atoms with Crippen LogP contribution in [0.2, 0.25) is 0 Å². The lowest BCUT2D eigenvalue weighted by atomic mass is 10.1. The smallest absolute Gasteiger partial charge is 0.210 e. The molecule has 0 spiro atoms. The van der Waals surface area contributed by atoms with Crippen LogP contribution in [0.1, 0.15) is 24.5 Å². The molecule has 128 valence electrons. The van der Waals surface area contributed by atoms with Gasteiger partial charge in [-0.05, 0) is 23.6 Å². The van der Waals surface area contributed by atoms with Crippen LogP contribution in [0.25, 0.3) is 11.3 Å². The molecule has 0 fully saturated rings. The van der Waals surface area contributed by atoms with Crippen LogP contribution in [0.3, 0.4) is 0 Å². The van der Waals surface area contributed by atoms with E-state index in [4.69, 9.17) is 0 Å². The Bertz CT molecular complexity index is 939. The quantitative estimate of drug-likeness (QED) is 0.539. The summed E-state index contributed by atoms with van der Waals surface area (Å²) < 4.78 is 2.02. The predicted octanol–water partition coefficient (Wildman–Crippen LogP) is 4.35. The highest BCUT2D eigenvalue weighted by molar-refractivity contribution is 7.07. The number of phenolic OH excluding ortho intramolecular Hbond substituents is 1. The Hall–Kier alpha value is -2.66. The van der Waals surface area contributed by atoms with Crippen LogP contribution in [0.5, 0.6) is 5.75 Å². The summed E-state index contributed by atoms with van der Waals surface area (Å²) in [6.45, 7) is 2.09. The molecule has 0 bridgehead atoms. The van der Waals surface area contributed by atoms with Crippen molar-refractivity contribution >= 4 is 17.6 Å². The Morgan fingerprint density at radius 2 is 1.92 bits per heavy atom. The number of para-hydroxylation sites is 1. The fourth-order valence-corrected chi connectivity index (χ4v) is 3.52. The molecule has 0 aliphatic carbocycles. The van der Waals surface area contributed by atoms with Crippen molar-refractivity contribution in [2.75, 3.05) is 0 Å². The molecule has 0 radical (unpaired) electrons. The topological polar surface area (TPSA) is 49.9 Å². The van der Waals surface area contributed by atoms with E-state index >= 15 is 0 Å². The number of phenols is 1. The Morgan fingerprint density at radius 1 is 1.12 bits per heavy atom. The third-order valence-electron chi connectivity index (χ3n) is 4.00. The van der Waals surface area contributed by atoms with E-state index in [-0.39, 0.29) is 0 Å². The summed E-state index contributed by atoms with van der Waals surface area (Å²) in [6, 6.07) is 15.9. The first-order valence-electron chi connectivity index (χ1n) is 8.28. The maximum absolute atomic E-state index is 10.3. The number of aryl methyl sites for hydroxylation is 1. The SMILES string of the molecule is CCCc1cccc(/C=N/N=c2\scc(-c3ccccc3)n2C)c1O. The number of nitrogens with zero attached hydrogens (tertiary/aromatic N) is 3.